The van der Waals surface area contributed by atoms with Crippen LogP contribution in [0.1, 0.15) is 21.6 Å². The minimum Gasteiger partial charge on any atom is -0.295 e. The summed E-state index contributed by atoms with van der Waals surface area (Å²) in [5.41, 5.74) is 1.47. The summed E-state index contributed by atoms with van der Waals surface area (Å²) in [6, 6.07) is 3.44. The van der Waals surface area contributed by atoms with Crippen molar-refractivity contribution in [3.8, 4) is 5.82 Å². The normalized spacial score (nSPS) is 12.0. The highest BCUT2D eigenvalue weighted by Crippen LogP contribution is 2.32. The first-order chi connectivity index (χ1) is 14.4. The highest BCUT2D eigenvalue weighted by atomic mass is 35.5. The zero-order valence-electron chi connectivity index (χ0n) is 14.8. The summed E-state index contributed by atoms with van der Waals surface area (Å²) in [4.78, 5) is 19.3. The first-order valence-corrected chi connectivity index (χ1v) is 8.45. The molecule has 0 saturated carbocycles. The van der Waals surface area contributed by atoms with E-state index in [-0.39, 0.29) is 17.6 Å². The van der Waals surface area contributed by atoms with Gasteiger partial charge < -0.3 is 0 Å². The fourth-order valence-corrected chi connectivity index (χ4v) is 2.64. The summed E-state index contributed by atoms with van der Waals surface area (Å²) >= 11 is 5.87. The van der Waals surface area contributed by atoms with E-state index in [0.29, 0.717) is 18.5 Å². The Morgan fingerprint density at radius 1 is 1.00 bits per heavy atom. The summed E-state index contributed by atoms with van der Waals surface area (Å²) < 4.78 is 90.8. The molecule has 3 rings (SSSR count). The van der Waals surface area contributed by atoms with Crippen LogP contribution in [-0.4, -0.2) is 20.4 Å². The van der Waals surface area contributed by atoms with Crippen molar-refractivity contribution >= 4 is 23.3 Å². The van der Waals surface area contributed by atoms with Gasteiger partial charge in [0.25, 0.3) is 5.91 Å². The molecule has 0 aliphatic heterocycles. The molecular formula is C17H9ClF7N5O. The molecule has 1 amide bonds. The minimum atomic E-state index is -4.80. The Morgan fingerprint density at radius 2 is 1.61 bits per heavy atom. The molecule has 0 saturated heterocycles. The van der Waals surface area contributed by atoms with Gasteiger partial charge in [-0.05, 0) is 24.3 Å². The van der Waals surface area contributed by atoms with Crippen LogP contribution in [0, 0.1) is 5.82 Å². The van der Waals surface area contributed by atoms with E-state index in [0.717, 1.165) is 4.57 Å². The molecule has 0 aliphatic carbocycles. The van der Waals surface area contributed by atoms with Crippen molar-refractivity contribution in [1.29, 1.82) is 0 Å². The third-order valence-corrected chi connectivity index (χ3v) is 4.10. The van der Waals surface area contributed by atoms with E-state index in [1.807, 2.05) is 10.9 Å². The van der Waals surface area contributed by atoms with Crippen molar-refractivity contribution in [1.82, 2.24) is 20.0 Å². The molecule has 3 aromatic heterocycles. The number of hydrogen-bond acceptors (Lipinski definition) is 4. The van der Waals surface area contributed by atoms with Gasteiger partial charge >= 0.3 is 12.4 Å². The second-order valence-corrected chi connectivity index (χ2v) is 6.33. The Balaban J connectivity index is 1.79. The van der Waals surface area contributed by atoms with Gasteiger partial charge in [0.2, 0.25) is 0 Å². The highest BCUT2D eigenvalue weighted by molar-refractivity contribution is 6.32. The van der Waals surface area contributed by atoms with Crippen LogP contribution in [0.2, 0.25) is 5.02 Å². The van der Waals surface area contributed by atoms with Gasteiger partial charge in [-0.25, -0.2) is 14.4 Å². The lowest BCUT2D eigenvalue weighted by Gasteiger charge is -2.13. The molecule has 164 valence electrons. The van der Waals surface area contributed by atoms with E-state index >= 15 is 0 Å². The zero-order valence-corrected chi connectivity index (χ0v) is 15.6. The minimum absolute atomic E-state index is 0.172. The van der Waals surface area contributed by atoms with Gasteiger partial charge in [-0.2, -0.15) is 26.3 Å². The van der Waals surface area contributed by atoms with Crippen molar-refractivity contribution in [2.45, 2.75) is 12.4 Å². The Hall–Kier alpha value is -3.35. The standard InChI is InChI=1S/C17H9ClF7N5O/c18-10-4-8(16(20,21)22)7-27-14(10)30-3-1-2-12(30)15(31)29-28-13-11(19)5-9(6-26-13)17(23,24)25/h1-7H,(H,26,28)(H,29,31). The van der Waals surface area contributed by atoms with E-state index in [4.69, 9.17) is 11.6 Å². The van der Waals surface area contributed by atoms with E-state index in [2.05, 4.69) is 9.97 Å². The monoisotopic (exact) mass is 467 g/mol. The third-order valence-electron chi connectivity index (χ3n) is 3.82. The van der Waals surface area contributed by atoms with Crippen LogP contribution in [0.25, 0.3) is 5.82 Å². The summed E-state index contributed by atoms with van der Waals surface area (Å²) in [6.07, 6.45) is -7.29. The number of pyridine rings is 2. The van der Waals surface area contributed by atoms with E-state index < -0.39 is 46.0 Å². The number of nitrogens with zero attached hydrogens (tertiary/aromatic N) is 3. The van der Waals surface area contributed by atoms with Crippen LogP contribution in [-0.2, 0) is 12.4 Å². The van der Waals surface area contributed by atoms with Gasteiger partial charge in [-0.1, -0.05) is 11.6 Å². The van der Waals surface area contributed by atoms with Gasteiger partial charge in [-0.15, -0.1) is 0 Å². The molecule has 0 fully saturated rings. The SMILES string of the molecule is O=C(NNc1ncc(C(F)(F)F)cc1F)c1cccn1-c1ncc(C(F)(F)F)cc1Cl. The van der Waals surface area contributed by atoms with Gasteiger partial charge in [-0.3, -0.25) is 20.2 Å². The molecule has 0 atom stereocenters. The van der Waals surface area contributed by atoms with Crippen molar-refractivity contribution in [3.63, 3.8) is 0 Å². The smallest absolute Gasteiger partial charge is 0.295 e. The lowest BCUT2D eigenvalue weighted by Crippen LogP contribution is -2.32. The van der Waals surface area contributed by atoms with Gasteiger partial charge in [0, 0.05) is 18.6 Å². The van der Waals surface area contributed by atoms with E-state index in [1.54, 1.807) is 0 Å². The van der Waals surface area contributed by atoms with Crippen LogP contribution in [0.15, 0.2) is 42.9 Å². The Bertz CT molecular complexity index is 1130. The van der Waals surface area contributed by atoms with Crippen LogP contribution >= 0.6 is 11.6 Å². The highest BCUT2D eigenvalue weighted by Gasteiger charge is 2.33. The van der Waals surface area contributed by atoms with Crippen LogP contribution < -0.4 is 10.9 Å². The number of carbonyl (C=O) groups is 1. The summed E-state index contributed by atoms with van der Waals surface area (Å²) in [5.74, 6) is -3.18. The van der Waals surface area contributed by atoms with Crippen molar-refractivity contribution in [2.24, 2.45) is 0 Å². The molecule has 0 bridgehead atoms. The predicted octanol–water partition coefficient (Wildman–Crippen LogP) is 4.85. The van der Waals surface area contributed by atoms with Gasteiger partial charge in [0.15, 0.2) is 17.5 Å². The molecule has 0 aromatic carbocycles. The number of carbonyl (C=O) groups excluding carboxylic acids is 1. The molecule has 2 N–H and O–H groups in total. The molecule has 3 heterocycles. The third kappa shape index (κ3) is 4.87. The number of anilines is 1. The number of nitrogens with one attached hydrogen (secondary N) is 2. The topological polar surface area (TPSA) is 71.8 Å². The molecule has 0 radical (unpaired) electrons. The maximum absolute atomic E-state index is 13.8. The lowest BCUT2D eigenvalue weighted by atomic mass is 10.2. The lowest BCUT2D eigenvalue weighted by molar-refractivity contribution is -0.138. The molecule has 14 heteroatoms. The van der Waals surface area contributed by atoms with Crippen molar-refractivity contribution in [2.75, 3.05) is 5.43 Å². The number of rotatable bonds is 4. The second kappa shape index (κ2) is 8.06. The second-order valence-electron chi connectivity index (χ2n) is 5.92. The fraction of sp³-hybridized carbons (Fsp3) is 0.118. The average molecular weight is 468 g/mol. The predicted molar refractivity (Wildman–Crippen MR) is 93.9 cm³/mol. The number of hydrazine groups is 1. The molecule has 0 unspecified atom stereocenters. The summed E-state index contributed by atoms with van der Waals surface area (Å²) in [6.45, 7) is 0. The molecule has 31 heavy (non-hydrogen) atoms. The van der Waals surface area contributed by atoms with Crippen molar-refractivity contribution < 1.29 is 35.5 Å². The van der Waals surface area contributed by atoms with Gasteiger partial charge in [0.1, 0.15) is 5.69 Å². The number of hydrogen-bond donors (Lipinski definition) is 2. The molecule has 6 nitrogen and oxygen atoms in total. The Labute approximate surface area is 173 Å². The summed E-state index contributed by atoms with van der Waals surface area (Å²) in [7, 11) is 0. The number of halogens is 8. The largest absolute Gasteiger partial charge is 0.417 e. The van der Waals surface area contributed by atoms with Crippen molar-refractivity contribution in [3.05, 3.63) is 70.5 Å². The van der Waals surface area contributed by atoms with E-state index in [1.165, 1.54) is 18.3 Å². The number of alkyl halides is 6. The van der Waals surface area contributed by atoms with Crippen LogP contribution in [0.4, 0.5) is 36.6 Å². The van der Waals surface area contributed by atoms with Gasteiger partial charge in [0.05, 0.1) is 16.1 Å². The average Bonchev–Trinajstić information content (AvgIpc) is 3.14. The van der Waals surface area contributed by atoms with Crippen LogP contribution in [0.3, 0.4) is 0 Å². The number of aromatic nitrogens is 3. The molecule has 0 aliphatic rings. The fourth-order valence-electron chi connectivity index (χ4n) is 2.38. The van der Waals surface area contributed by atoms with E-state index in [9.17, 15) is 35.5 Å². The maximum Gasteiger partial charge on any atom is 0.417 e. The van der Waals surface area contributed by atoms with Crippen LogP contribution in [0.5, 0.6) is 0 Å². The summed E-state index contributed by atoms with van der Waals surface area (Å²) in [5, 5.41) is -0.400. The number of amides is 1. The molecular weight excluding hydrogens is 459 g/mol. The molecule has 0 spiro atoms. The maximum atomic E-state index is 13.8. The first-order valence-electron chi connectivity index (χ1n) is 8.07. The Morgan fingerprint density at radius 3 is 2.19 bits per heavy atom. The molecule has 3 aromatic rings. The first kappa shape index (κ1) is 22.3. The quantitative estimate of drug-likeness (QED) is 0.425. The zero-order chi connectivity index (χ0) is 23.0. The Kier molecular flexibility index (Phi) is 5.81.